The number of halogens is 4. The molecule has 23 heavy (non-hydrogen) atoms. The Morgan fingerprint density at radius 1 is 0.870 bits per heavy atom. The summed E-state index contributed by atoms with van der Waals surface area (Å²) in [6.45, 7) is 0. The maximum absolute atomic E-state index is 13.5. The maximum atomic E-state index is 13.5. The van der Waals surface area contributed by atoms with Crippen molar-refractivity contribution in [3.63, 3.8) is 0 Å². The van der Waals surface area contributed by atoms with Gasteiger partial charge in [0.15, 0.2) is 0 Å². The van der Waals surface area contributed by atoms with Gasteiger partial charge in [-0.25, -0.2) is 4.39 Å². The lowest BCUT2D eigenvalue weighted by Gasteiger charge is -2.15. The molecule has 3 rings (SSSR count). The third-order valence-corrected chi connectivity index (χ3v) is 4.13. The molecule has 122 valence electrons. The smallest absolute Gasteiger partial charge is 0.207 e. The van der Waals surface area contributed by atoms with Crippen LogP contribution in [0.25, 0.3) is 11.3 Å². The van der Waals surface area contributed by atoms with E-state index in [1.54, 1.807) is 6.07 Å². The summed E-state index contributed by atoms with van der Waals surface area (Å²) in [5.41, 5.74) is 0.704. The van der Waals surface area contributed by atoms with Crippen LogP contribution < -0.4 is 0 Å². The second-order valence-corrected chi connectivity index (χ2v) is 5.80. The first kappa shape index (κ1) is 15.9. The van der Waals surface area contributed by atoms with E-state index < -0.39 is 17.6 Å². The first-order chi connectivity index (χ1) is 10.9. The average molecular weight is 324 g/mol. The minimum Gasteiger partial charge on any atom is -0.207 e. The number of benzene rings is 1. The molecule has 0 aliphatic heterocycles. The van der Waals surface area contributed by atoms with Crippen molar-refractivity contribution >= 4 is 0 Å². The van der Waals surface area contributed by atoms with E-state index in [1.807, 2.05) is 0 Å². The molecular weight excluding hydrogens is 308 g/mol. The highest BCUT2D eigenvalue weighted by Crippen LogP contribution is 2.37. The number of rotatable bonds is 1. The highest BCUT2D eigenvalue weighted by molar-refractivity contribution is 5.65. The van der Waals surface area contributed by atoms with Gasteiger partial charge in [0, 0.05) is 5.56 Å². The SMILES string of the molecule is Fc1ccc(C(F)(F)F)c(-c2cc3c(nn2)CCCCCC3)c1. The van der Waals surface area contributed by atoms with Crippen LogP contribution >= 0.6 is 0 Å². The van der Waals surface area contributed by atoms with E-state index in [0.29, 0.717) is 0 Å². The molecule has 2 aromatic rings. The Hall–Kier alpha value is -1.98. The van der Waals surface area contributed by atoms with E-state index in [2.05, 4.69) is 10.2 Å². The molecule has 0 bridgehead atoms. The van der Waals surface area contributed by atoms with Crippen LogP contribution in [0.2, 0.25) is 0 Å². The van der Waals surface area contributed by atoms with Crippen molar-refractivity contribution in [2.24, 2.45) is 0 Å². The first-order valence-electron chi connectivity index (χ1n) is 7.68. The molecule has 0 saturated carbocycles. The van der Waals surface area contributed by atoms with E-state index in [4.69, 9.17) is 0 Å². The predicted molar refractivity (Wildman–Crippen MR) is 78.3 cm³/mol. The van der Waals surface area contributed by atoms with Gasteiger partial charge in [-0.15, -0.1) is 0 Å². The number of aryl methyl sites for hydroxylation is 2. The summed E-state index contributed by atoms with van der Waals surface area (Å²) >= 11 is 0. The van der Waals surface area contributed by atoms with E-state index in [0.717, 1.165) is 68.0 Å². The molecule has 1 heterocycles. The average Bonchev–Trinajstić information content (AvgIpc) is 2.46. The zero-order valence-corrected chi connectivity index (χ0v) is 12.5. The summed E-state index contributed by atoms with van der Waals surface area (Å²) in [7, 11) is 0. The Labute approximate surface area is 131 Å². The molecule has 0 spiro atoms. The van der Waals surface area contributed by atoms with Crippen LogP contribution in [0.15, 0.2) is 24.3 Å². The highest BCUT2D eigenvalue weighted by atomic mass is 19.4. The van der Waals surface area contributed by atoms with Crippen molar-refractivity contribution in [2.75, 3.05) is 0 Å². The molecule has 6 heteroatoms. The second-order valence-electron chi connectivity index (χ2n) is 5.80. The van der Waals surface area contributed by atoms with Gasteiger partial charge in [-0.05, 0) is 55.5 Å². The number of hydrogen-bond donors (Lipinski definition) is 0. The molecule has 0 fully saturated rings. The monoisotopic (exact) mass is 324 g/mol. The lowest BCUT2D eigenvalue weighted by molar-refractivity contribution is -0.137. The summed E-state index contributed by atoms with van der Waals surface area (Å²) in [5, 5.41) is 8.04. The Morgan fingerprint density at radius 2 is 1.61 bits per heavy atom. The maximum Gasteiger partial charge on any atom is 0.417 e. The fourth-order valence-corrected chi connectivity index (χ4v) is 2.95. The van der Waals surface area contributed by atoms with E-state index in [9.17, 15) is 17.6 Å². The minimum absolute atomic E-state index is 0.0798. The van der Waals surface area contributed by atoms with Crippen LogP contribution in [0, 0.1) is 5.82 Å². The molecule has 1 aliphatic carbocycles. The molecule has 0 N–H and O–H groups in total. The summed E-state index contributed by atoms with van der Waals surface area (Å²) in [6.07, 6.45) is 1.22. The zero-order chi connectivity index (χ0) is 16.4. The van der Waals surface area contributed by atoms with Crippen molar-refractivity contribution in [1.29, 1.82) is 0 Å². The van der Waals surface area contributed by atoms with Gasteiger partial charge in [-0.2, -0.15) is 23.4 Å². The molecule has 1 aromatic carbocycles. The van der Waals surface area contributed by atoms with Gasteiger partial charge in [0.05, 0.1) is 17.0 Å². The minimum atomic E-state index is -4.56. The Morgan fingerprint density at radius 3 is 2.35 bits per heavy atom. The fourth-order valence-electron chi connectivity index (χ4n) is 2.95. The normalized spacial score (nSPS) is 15.7. The second kappa shape index (κ2) is 6.26. The van der Waals surface area contributed by atoms with Crippen LogP contribution in [0.1, 0.15) is 42.5 Å². The standard InChI is InChI=1S/C17H16F4N2/c18-12-7-8-14(17(19,20)21)13(10-12)16-9-11-5-3-1-2-4-6-15(11)22-23-16/h7-10H,1-6H2. The third kappa shape index (κ3) is 3.51. The van der Waals surface area contributed by atoms with Crippen molar-refractivity contribution in [2.45, 2.75) is 44.7 Å². The van der Waals surface area contributed by atoms with E-state index in [1.165, 1.54) is 0 Å². The lowest BCUT2D eigenvalue weighted by atomic mass is 9.95. The number of nitrogens with zero attached hydrogens (tertiary/aromatic N) is 2. The van der Waals surface area contributed by atoms with E-state index >= 15 is 0 Å². The van der Waals surface area contributed by atoms with Gasteiger partial charge in [0.25, 0.3) is 0 Å². The van der Waals surface area contributed by atoms with Crippen molar-refractivity contribution in [3.05, 3.63) is 46.9 Å². The molecule has 0 saturated heterocycles. The van der Waals surface area contributed by atoms with Gasteiger partial charge >= 0.3 is 6.18 Å². The van der Waals surface area contributed by atoms with Crippen LogP contribution in [0.3, 0.4) is 0 Å². The summed E-state index contributed by atoms with van der Waals surface area (Å²) in [4.78, 5) is 0. The van der Waals surface area contributed by atoms with Crippen molar-refractivity contribution < 1.29 is 17.6 Å². The Balaban J connectivity index is 2.08. The fraction of sp³-hybridized carbons (Fsp3) is 0.412. The largest absolute Gasteiger partial charge is 0.417 e. The third-order valence-electron chi connectivity index (χ3n) is 4.13. The topological polar surface area (TPSA) is 25.8 Å². The first-order valence-corrected chi connectivity index (χ1v) is 7.68. The van der Waals surface area contributed by atoms with Gasteiger partial charge < -0.3 is 0 Å². The number of aromatic nitrogens is 2. The number of alkyl halides is 3. The van der Waals surface area contributed by atoms with Crippen LogP contribution in [0.4, 0.5) is 17.6 Å². The van der Waals surface area contributed by atoms with Crippen molar-refractivity contribution in [3.8, 4) is 11.3 Å². The molecule has 1 aromatic heterocycles. The lowest BCUT2D eigenvalue weighted by Crippen LogP contribution is -2.10. The molecule has 0 unspecified atom stereocenters. The van der Waals surface area contributed by atoms with E-state index in [-0.39, 0.29) is 11.3 Å². The molecular formula is C17H16F4N2. The summed E-state index contributed by atoms with van der Waals surface area (Å²) in [5.74, 6) is -0.721. The summed E-state index contributed by atoms with van der Waals surface area (Å²) < 4.78 is 52.9. The molecule has 1 aliphatic rings. The predicted octanol–water partition coefficient (Wildman–Crippen LogP) is 4.96. The molecule has 0 atom stereocenters. The Bertz CT molecular complexity index is 710. The number of hydrogen-bond acceptors (Lipinski definition) is 2. The molecule has 0 amide bonds. The van der Waals surface area contributed by atoms with Crippen LogP contribution in [-0.2, 0) is 19.0 Å². The Kier molecular flexibility index (Phi) is 4.33. The summed E-state index contributed by atoms with van der Waals surface area (Å²) in [6, 6.07) is 4.08. The quantitative estimate of drug-likeness (QED) is 0.693. The molecule has 0 radical (unpaired) electrons. The van der Waals surface area contributed by atoms with Crippen LogP contribution in [0.5, 0.6) is 0 Å². The highest BCUT2D eigenvalue weighted by Gasteiger charge is 2.34. The molecule has 2 nitrogen and oxygen atoms in total. The van der Waals surface area contributed by atoms with Gasteiger partial charge in [-0.1, -0.05) is 12.8 Å². The van der Waals surface area contributed by atoms with Gasteiger partial charge in [0.1, 0.15) is 5.82 Å². The zero-order valence-electron chi connectivity index (χ0n) is 12.5. The van der Waals surface area contributed by atoms with Crippen molar-refractivity contribution in [1.82, 2.24) is 10.2 Å². The van der Waals surface area contributed by atoms with Gasteiger partial charge in [0.2, 0.25) is 0 Å². The number of fused-ring (bicyclic) bond motifs is 1. The van der Waals surface area contributed by atoms with Crippen LogP contribution in [-0.4, -0.2) is 10.2 Å². The van der Waals surface area contributed by atoms with Gasteiger partial charge in [-0.3, -0.25) is 0 Å².